The maximum Gasteiger partial charge on any atom is 0.185 e. The van der Waals surface area contributed by atoms with E-state index in [-0.39, 0.29) is 0 Å². The van der Waals surface area contributed by atoms with Crippen LogP contribution < -0.4 is 10.2 Å². The van der Waals surface area contributed by atoms with E-state index >= 15 is 0 Å². The van der Waals surface area contributed by atoms with Gasteiger partial charge in [-0.15, -0.1) is 11.3 Å². The molecule has 108 valence electrons. The number of nitrogens with zero attached hydrogens (tertiary/aromatic N) is 2. The summed E-state index contributed by atoms with van der Waals surface area (Å²) in [5.74, 6) is 0. The van der Waals surface area contributed by atoms with Crippen molar-refractivity contribution in [1.29, 1.82) is 0 Å². The Morgan fingerprint density at radius 2 is 2.00 bits per heavy atom. The third-order valence-electron chi connectivity index (χ3n) is 3.91. The van der Waals surface area contributed by atoms with Gasteiger partial charge in [-0.2, -0.15) is 0 Å². The molecule has 1 aromatic rings. The van der Waals surface area contributed by atoms with Crippen LogP contribution in [0, 0.1) is 0 Å². The van der Waals surface area contributed by atoms with E-state index in [2.05, 4.69) is 36.5 Å². The number of aromatic nitrogens is 1. The van der Waals surface area contributed by atoms with Crippen molar-refractivity contribution in [2.24, 2.45) is 0 Å². The molecule has 0 saturated heterocycles. The van der Waals surface area contributed by atoms with Crippen molar-refractivity contribution < 1.29 is 0 Å². The Labute approximate surface area is 121 Å². The van der Waals surface area contributed by atoms with Crippen LogP contribution in [0.2, 0.25) is 0 Å². The van der Waals surface area contributed by atoms with Gasteiger partial charge >= 0.3 is 0 Å². The van der Waals surface area contributed by atoms with E-state index in [0.29, 0.717) is 12.1 Å². The van der Waals surface area contributed by atoms with Crippen molar-refractivity contribution in [3.05, 3.63) is 11.1 Å². The van der Waals surface area contributed by atoms with Crippen molar-refractivity contribution >= 4 is 16.5 Å². The molecule has 1 saturated carbocycles. The Balaban J connectivity index is 1.92. The molecular formula is C15H27N3S. The van der Waals surface area contributed by atoms with Crippen LogP contribution in [0.4, 0.5) is 5.13 Å². The largest absolute Gasteiger partial charge is 0.348 e. The molecule has 4 heteroatoms. The van der Waals surface area contributed by atoms with Gasteiger partial charge in [0, 0.05) is 31.1 Å². The summed E-state index contributed by atoms with van der Waals surface area (Å²) >= 11 is 1.78. The monoisotopic (exact) mass is 281 g/mol. The minimum Gasteiger partial charge on any atom is -0.348 e. The fraction of sp³-hybridized carbons (Fsp3) is 0.800. The predicted molar refractivity (Wildman–Crippen MR) is 84.0 cm³/mol. The van der Waals surface area contributed by atoms with E-state index in [1.807, 2.05) is 0 Å². The highest BCUT2D eigenvalue weighted by atomic mass is 32.1. The quantitative estimate of drug-likeness (QED) is 0.832. The maximum absolute atomic E-state index is 4.77. The number of anilines is 1. The van der Waals surface area contributed by atoms with Crippen molar-refractivity contribution in [2.75, 3.05) is 11.9 Å². The fourth-order valence-corrected chi connectivity index (χ4v) is 3.51. The average molecular weight is 281 g/mol. The minimum absolute atomic E-state index is 0.518. The van der Waals surface area contributed by atoms with Gasteiger partial charge in [0.05, 0.1) is 5.69 Å². The van der Waals surface area contributed by atoms with Gasteiger partial charge in [-0.05, 0) is 12.8 Å². The first-order valence-corrected chi connectivity index (χ1v) is 8.45. The third-order valence-corrected chi connectivity index (χ3v) is 4.89. The normalized spacial score (nSPS) is 17.7. The van der Waals surface area contributed by atoms with E-state index in [4.69, 9.17) is 4.98 Å². The first-order valence-electron chi connectivity index (χ1n) is 7.57. The van der Waals surface area contributed by atoms with Gasteiger partial charge in [0.2, 0.25) is 0 Å². The Morgan fingerprint density at radius 1 is 1.32 bits per heavy atom. The molecule has 0 bridgehead atoms. The van der Waals surface area contributed by atoms with E-state index in [9.17, 15) is 0 Å². The van der Waals surface area contributed by atoms with Crippen LogP contribution in [-0.2, 0) is 6.54 Å². The van der Waals surface area contributed by atoms with E-state index in [0.717, 1.165) is 6.54 Å². The second-order valence-corrected chi connectivity index (χ2v) is 6.75. The van der Waals surface area contributed by atoms with Crippen LogP contribution in [0.3, 0.4) is 0 Å². The number of hydrogen-bond donors (Lipinski definition) is 1. The van der Waals surface area contributed by atoms with E-state index in [1.165, 1.54) is 49.4 Å². The molecule has 0 spiro atoms. The number of rotatable bonds is 5. The maximum atomic E-state index is 4.77. The Bertz CT molecular complexity index is 367. The van der Waals surface area contributed by atoms with Crippen molar-refractivity contribution in [1.82, 2.24) is 10.3 Å². The average Bonchev–Trinajstić information content (AvgIpc) is 2.69. The first-order chi connectivity index (χ1) is 9.16. The molecule has 1 fully saturated rings. The molecule has 1 aliphatic carbocycles. The van der Waals surface area contributed by atoms with Crippen LogP contribution in [-0.4, -0.2) is 24.1 Å². The fourth-order valence-electron chi connectivity index (χ4n) is 2.65. The molecule has 0 aromatic carbocycles. The van der Waals surface area contributed by atoms with Crippen LogP contribution in [0.15, 0.2) is 5.38 Å². The summed E-state index contributed by atoms with van der Waals surface area (Å²) in [4.78, 5) is 7.18. The van der Waals surface area contributed by atoms with Crippen LogP contribution in [0.25, 0.3) is 0 Å². The molecule has 0 atom stereocenters. The second-order valence-electron chi connectivity index (χ2n) is 5.91. The topological polar surface area (TPSA) is 28.2 Å². The van der Waals surface area contributed by atoms with Crippen LogP contribution >= 0.6 is 11.3 Å². The van der Waals surface area contributed by atoms with Gasteiger partial charge in [-0.1, -0.05) is 39.5 Å². The third kappa shape index (κ3) is 4.46. The summed E-state index contributed by atoms with van der Waals surface area (Å²) in [6.45, 7) is 5.22. The molecule has 1 N–H and O–H groups in total. The smallest absolute Gasteiger partial charge is 0.185 e. The van der Waals surface area contributed by atoms with Gasteiger partial charge in [0.15, 0.2) is 5.13 Å². The lowest BCUT2D eigenvalue weighted by Crippen LogP contribution is -2.31. The zero-order valence-electron chi connectivity index (χ0n) is 12.5. The molecule has 0 radical (unpaired) electrons. The molecule has 19 heavy (non-hydrogen) atoms. The summed E-state index contributed by atoms with van der Waals surface area (Å²) in [6, 6.07) is 1.21. The van der Waals surface area contributed by atoms with Crippen molar-refractivity contribution in [3.8, 4) is 0 Å². The second kappa shape index (κ2) is 7.25. The molecule has 0 aliphatic heterocycles. The Kier molecular flexibility index (Phi) is 5.64. The number of hydrogen-bond acceptors (Lipinski definition) is 4. The molecule has 2 rings (SSSR count). The Morgan fingerprint density at radius 3 is 2.63 bits per heavy atom. The lowest BCUT2D eigenvalue weighted by Gasteiger charge is -2.26. The van der Waals surface area contributed by atoms with Gasteiger partial charge in [0.25, 0.3) is 0 Å². The summed E-state index contributed by atoms with van der Waals surface area (Å²) in [7, 11) is 2.22. The summed E-state index contributed by atoms with van der Waals surface area (Å²) in [5.41, 5.74) is 1.18. The van der Waals surface area contributed by atoms with E-state index < -0.39 is 0 Å². The van der Waals surface area contributed by atoms with Gasteiger partial charge in [-0.25, -0.2) is 4.98 Å². The van der Waals surface area contributed by atoms with Crippen LogP contribution in [0.5, 0.6) is 0 Å². The van der Waals surface area contributed by atoms with Crippen LogP contribution in [0.1, 0.15) is 58.1 Å². The highest BCUT2D eigenvalue weighted by Gasteiger charge is 2.19. The van der Waals surface area contributed by atoms with E-state index in [1.54, 1.807) is 11.3 Å². The summed E-state index contributed by atoms with van der Waals surface area (Å²) in [5, 5.41) is 6.81. The molecular weight excluding hydrogens is 254 g/mol. The van der Waals surface area contributed by atoms with Gasteiger partial charge < -0.3 is 10.2 Å². The standard InChI is InChI=1S/C15H27N3S/c1-12(2)16-10-13-11-19-15(17-13)18(3)14-8-6-4-5-7-9-14/h11-12,14,16H,4-10H2,1-3H3. The lowest BCUT2D eigenvalue weighted by atomic mass is 10.1. The summed E-state index contributed by atoms with van der Waals surface area (Å²) in [6.07, 6.45) is 8.23. The van der Waals surface area contributed by atoms with Gasteiger partial charge in [0.1, 0.15) is 0 Å². The molecule has 1 aliphatic rings. The predicted octanol–water partition coefficient (Wildman–Crippen LogP) is 3.80. The zero-order valence-corrected chi connectivity index (χ0v) is 13.3. The van der Waals surface area contributed by atoms with Gasteiger partial charge in [-0.3, -0.25) is 0 Å². The molecule has 1 heterocycles. The molecule has 0 amide bonds. The highest BCUT2D eigenvalue weighted by molar-refractivity contribution is 7.13. The van der Waals surface area contributed by atoms with Crippen molar-refractivity contribution in [2.45, 2.75) is 71.0 Å². The number of nitrogens with one attached hydrogen (secondary N) is 1. The minimum atomic E-state index is 0.518. The molecule has 3 nitrogen and oxygen atoms in total. The lowest BCUT2D eigenvalue weighted by molar-refractivity contribution is 0.550. The highest BCUT2D eigenvalue weighted by Crippen LogP contribution is 2.27. The zero-order chi connectivity index (χ0) is 13.7. The number of thiazole rings is 1. The SMILES string of the molecule is CC(C)NCc1csc(N(C)C2CCCCCC2)n1. The molecule has 0 unspecified atom stereocenters. The first kappa shape index (κ1) is 14.8. The molecule has 1 aromatic heterocycles. The summed E-state index contributed by atoms with van der Waals surface area (Å²) < 4.78 is 0. The van der Waals surface area contributed by atoms with Crippen molar-refractivity contribution in [3.63, 3.8) is 0 Å². The Hall–Kier alpha value is -0.610.